The third-order valence-corrected chi connectivity index (χ3v) is 3.14. The summed E-state index contributed by atoms with van der Waals surface area (Å²) in [5.74, 6) is -3.80. The lowest BCUT2D eigenvalue weighted by atomic mass is 10.2. The molecular weight excluding hydrogens is 269 g/mol. The van der Waals surface area contributed by atoms with Gasteiger partial charge in [-0.2, -0.15) is 13.2 Å². The van der Waals surface area contributed by atoms with E-state index in [1.807, 2.05) is 0 Å². The van der Waals surface area contributed by atoms with Gasteiger partial charge in [0, 0.05) is 4.70 Å². The van der Waals surface area contributed by atoms with Gasteiger partial charge in [-0.3, -0.25) is 0 Å². The van der Waals surface area contributed by atoms with Crippen molar-refractivity contribution >= 4 is 33.4 Å². The van der Waals surface area contributed by atoms with Crippen LogP contribution in [0.2, 0.25) is 0 Å². The second kappa shape index (κ2) is 4.41. The second-order valence-electron chi connectivity index (χ2n) is 3.32. The van der Waals surface area contributed by atoms with Crippen LogP contribution in [-0.2, 0) is 9.53 Å². The molecule has 0 bridgehead atoms. The maximum absolute atomic E-state index is 11.9. The van der Waals surface area contributed by atoms with Crippen LogP contribution in [0, 0.1) is 0 Å². The highest BCUT2D eigenvalue weighted by atomic mass is 32.1. The van der Waals surface area contributed by atoms with Gasteiger partial charge in [0.05, 0.1) is 0 Å². The van der Waals surface area contributed by atoms with Gasteiger partial charge in [-0.15, -0.1) is 11.3 Å². The van der Waals surface area contributed by atoms with Crippen molar-refractivity contribution in [3.63, 3.8) is 0 Å². The van der Waals surface area contributed by atoms with Gasteiger partial charge in [-0.25, -0.2) is 9.59 Å². The largest absolute Gasteiger partial charge is 0.491 e. The van der Waals surface area contributed by atoms with Crippen molar-refractivity contribution in [1.29, 1.82) is 0 Å². The summed E-state index contributed by atoms with van der Waals surface area (Å²) < 4.78 is 40.2. The van der Waals surface area contributed by atoms with Crippen molar-refractivity contribution in [3.05, 3.63) is 35.2 Å². The fraction of sp³-hybridized carbons (Fsp3) is 0.0909. The van der Waals surface area contributed by atoms with Crippen molar-refractivity contribution in [2.45, 2.75) is 6.18 Å². The molecule has 0 saturated heterocycles. The summed E-state index contributed by atoms with van der Waals surface area (Å²) in [5.41, 5.74) is 0. The number of alkyl halides is 3. The molecule has 2 aromatic rings. The smallest absolute Gasteiger partial charge is 0.382 e. The van der Waals surface area contributed by atoms with E-state index in [0.717, 1.165) is 16.0 Å². The lowest BCUT2D eigenvalue weighted by molar-refractivity contribution is -0.193. The monoisotopic (exact) mass is 274 g/mol. The van der Waals surface area contributed by atoms with Gasteiger partial charge in [-0.1, -0.05) is 18.2 Å². The first kappa shape index (κ1) is 12.6. The molecule has 0 N–H and O–H groups in total. The minimum atomic E-state index is -5.17. The maximum Gasteiger partial charge on any atom is 0.491 e. The molecule has 0 atom stereocenters. The van der Waals surface area contributed by atoms with Gasteiger partial charge < -0.3 is 4.74 Å². The predicted octanol–water partition coefficient (Wildman–Crippen LogP) is 3.15. The van der Waals surface area contributed by atoms with Crippen LogP contribution in [0.5, 0.6) is 0 Å². The van der Waals surface area contributed by atoms with E-state index in [4.69, 9.17) is 0 Å². The Hall–Kier alpha value is -1.89. The number of benzene rings is 1. The fourth-order valence-electron chi connectivity index (χ4n) is 1.27. The minimum Gasteiger partial charge on any atom is -0.382 e. The first-order valence-corrected chi connectivity index (χ1v) is 5.51. The molecular formula is C11H5F3O3S. The molecule has 1 aromatic carbocycles. The predicted molar refractivity (Wildman–Crippen MR) is 58.3 cm³/mol. The van der Waals surface area contributed by atoms with Gasteiger partial charge in [0.1, 0.15) is 4.88 Å². The van der Waals surface area contributed by atoms with E-state index in [9.17, 15) is 22.8 Å². The van der Waals surface area contributed by atoms with Crippen molar-refractivity contribution < 1.29 is 27.5 Å². The topological polar surface area (TPSA) is 43.4 Å². The van der Waals surface area contributed by atoms with E-state index in [1.54, 1.807) is 24.3 Å². The number of esters is 2. The number of thiophene rings is 1. The third kappa shape index (κ3) is 2.51. The Morgan fingerprint density at radius 2 is 1.83 bits per heavy atom. The van der Waals surface area contributed by atoms with Crippen molar-refractivity contribution in [2.75, 3.05) is 0 Å². The van der Waals surface area contributed by atoms with Crippen LogP contribution in [0.25, 0.3) is 10.1 Å². The molecule has 0 aliphatic rings. The molecule has 0 amide bonds. The standard InChI is InChI=1S/C11H5F3O3S/c12-11(13,14)10(16)17-9(15)8-5-6-3-1-2-4-7(6)18-8/h1-5H. The molecule has 1 heterocycles. The zero-order valence-electron chi connectivity index (χ0n) is 8.65. The normalized spacial score (nSPS) is 11.5. The number of rotatable bonds is 1. The Kier molecular flexibility index (Phi) is 3.08. The van der Waals surface area contributed by atoms with Crippen molar-refractivity contribution in [3.8, 4) is 0 Å². The molecule has 7 heteroatoms. The first-order valence-electron chi connectivity index (χ1n) is 4.70. The van der Waals surface area contributed by atoms with Crippen LogP contribution in [0.15, 0.2) is 30.3 Å². The first-order chi connectivity index (χ1) is 8.38. The van der Waals surface area contributed by atoms with E-state index in [0.29, 0.717) is 5.39 Å². The van der Waals surface area contributed by atoms with Crippen LogP contribution >= 0.6 is 11.3 Å². The Morgan fingerprint density at radius 1 is 1.17 bits per heavy atom. The second-order valence-corrected chi connectivity index (χ2v) is 4.41. The third-order valence-electron chi connectivity index (χ3n) is 2.04. The number of carbonyl (C=O) groups excluding carboxylic acids is 2. The quantitative estimate of drug-likeness (QED) is 0.592. The highest BCUT2D eigenvalue weighted by molar-refractivity contribution is 7.20. The van der Waals surface area contributed by atoms with Gasteiger partial charge in [0.2, 0.25) is 0 Å². The molecule has 18 heavy (non-hydrogen) atoms. The van der Waals surface area contributed by atoms with E-state index in [2.05, 4.69) is 4.74 Å². The maximum atomic E-state index is 11.9. The van der Waals surface area contributed by atoms with E-state index in [1.165, 1.54) is 6.07 Å². The summed E-state index contributed by atoms with van der Waals surface area (Å²) in [6.45, 7) is 0. The Morgan fingerprint density at radius 3 is 2.44 bits per heavy atom. The van der Waals surface area contributed by atoms with E-state index < -0.39 is 18.1 Å². The summed E-state index contributed by atoms with van der Waals surface area (Å²) in [5, 5.41) is 0.703. The molecule has 0 aliphatic heterocycles. The summed E-state index contributed by atoms with van der Waals surface area (Å²) in [6.07, 6.45) is -5.17. The van der Waals surface area contributed by atoms with Gasteiger partial charge in [-0.05, 0) is 17.5 Å². The van der Waals surface area contributed by atoms with Crippen LogP contribution in [0.1, 0.15) is 9.67 Å². The Labute approximate surface area is 103 Å². The molecule has 3 nitrogen and oxygen atoms in total. The zero-order chi connectivity index (χ0) is 13.3. The summed E-state index contributed by atoms with van der Waals surface area (Å²) in [4.78, 5) is 21.8. The lowest BCUT2D eigenvalue weighted by Gasteiger charge is -2.03. The summed E-state index contributed by atoms with van der Waals surface area (Å²) >= 11 is 0.964. The van der Waals surface area contributed by atoms with Crippen LogP contribution in [0.4, 0.5) is 13.2 Å². The number of fused-ring (bicyclic) bond motifs is 1. The molecule has 0 unspecified atom stereocenters. The number of halogens is 3. The molecule has 0 fully saturated rings. The number of ether oxygens (including phenoxy) is 1. The molecule has 2 rings (SSSR count). The number of hydrogen-bond acceptors (Lipinski definition) is 4. The Balaban J connectivity index is 2.21. The summed E-state index contributed by atoms with van der Waals surface area (Å²) in [6, 6.07) is 8.25. The van der Waals surface area contributed by atoms with Crippen molar-refractivity contribution in [2.24, 2.45) is 0 Å². The molecule has 0 spiro atoms. The molecule has 0 saturated carbocycles. The van der Waals surface area contributed by atoms with Crippen LogP contribution in [0.3, 0.4) is 0 Å². The molecule has 0 radical (unpaired) electrons. The average Bonchev–Trinajstić information content (AvgIpc) is 2.71. The van der Waals surface area contributed by atoms with Gasteiger partial charge in [0.25, 0.3) is 0 Å². The molecule has 94 valence electrons. The average molecular weight is 274 g/mol. The lowest BCUT2D eigenvalue weighted by Crippen LogP contribution is -2.27. The summed E-state index contributed by atoms with van der Waals surface area (Å²) in [7, 11) is 0. The molecule has 0 aliphatic carbocycles. The van der Waals surface area contributed by atoms with Gasteiger partial charge >= 0.3 is 18.1 Å². The van der Waals surface area contributed by atoms with Crippen molar-refractivity contribution in [1.82, 2.24) is 0 Å². The van der Waals surface area contributed by atoms with E-state index >= 15 is 0 Å². The highest BCUT2D eigenvalue weighted by Gasteiger charge is 2.42. The van der Waals surface area contributed by atoms with Crippen LogP contribution in [-0.4, -0.2) is 18.1 Å². The Bertz CT molecular complexity index is 582. The SMILES string of the molecule is O=C(OC(=O)C(F)(F)F)c1cc2ccccc2s1. The highest BCUT2D eigenvalue weighted by Crippen LogP contribution is 2.26. The fourth-order valence-corrected chi connectivity index (χ4v) is 2.21. The van der Waals surface area contributed by atoms with E-state index in [-0.39, 0.29) is 4.88 Å². The molecule has 1 aromatic heterocycles. The number of hydrogen-bond donors (Lipinski definition) is 0. The van der Waals surface area contributed by atoms with Crippen LogP contribution < -0.4 is 0 Å². The number of carbonyl (C=O) groups is 2. The zero-order valence-corrected chi connectivity index (χ0v) is 9.47. The van der Waals surface area contributed by atoms with Gasteiger partial charge in [0.15, 0.2) is 0 Å². The minimum absolute atomic E-state index is 0.0474.